The van der Waals surface area contributed by atoms with Crippen LogP contribution in [-0.4, -0.2) is 9.55 Å². The SMILES string of the molecule is CC(C)(C)c1cc(-c2ccccc2)cc(N2C=CN(c3[c-]c(Oc4[c-]c5c(cc4)c4ccccc4n5-c4cc(C(C)(C)c5ccccc5)ccn4)cc(-c4ccccc4)c3)[CH-]2)c1.[Pt]. The number of rotatable bonds is 9. The number of ether oxygens (including phenoxy) is 1. The van der Waals surface area contributed by atoms with Crippen molar-refractivity contribution >= 4 is 33.2 Å². The standard InChI is InChI=1S/C57H47N4O.Pt/c1-56(2,3)46-31-42(40-17-9-6-10-18-40)32-47(35-46)59-29-30-60(39-59)48-33-43(41-19-11-7-12-20-41)34-50(37-48)62-49-25-26-52-51-23-15-16-24-53(51)61(54(52)38-49)55-36-45(27-28-58-55)57(4,5)44-21-13-8-14-22-44;/h6-36,39H,1-5H3;/q-3;. The van der Waals surface area contributed by atoms with Gasteiger partial charge in [0.05, 0.1) is 0 Å². The summed E-state index contributed by atoms with van der Waals surface area (Å²) in [6.45, 7) is 13.4. The number of benzene rings is 7. The molecule has 0 bridgehead atoms. The van der Waals surface area contributed by atoms with Crippen LogP contribution in [0.2, 0.25) is 0 Å². The Kier molecular flexibility index (Phi) is 11.2. The van der Waals surface area contributed by atoms with Crippen molar-refractivity contribution < 1.29 is 25.8 Å². The molecule has 10 rings (SSSR count). The Balaban J connectivity index is 0.00000504. The Morgan fingerprint density at radius 1 is 0.524 bits per heavy atom. The minimum absolute atomic E-state index is 0. The Morgan fingerprint density at radius 2 is 1.17 bits per heavy atom. The van der Waals surface area contributed by atoms with Gasteiger partial charge in [0.1, 0.15) is 5.82 Å². The second-order valence-electron chi connectivity index (χ2n) is 17.5. The van der Waals surface area contributed by atoms with Crippen molar-refractivity contribution in [1.29, 1.82) is 0 Å². The van der Waals surface area contributed by atoms with Gasteiger partial charge in [0.15, 0.2) is 0 Å². The van der Waals surface area contributed by atoms with Crippen LogP contribution >= 0.6 is 0 Å². The monoisotopic (exact) mass is 998 g/mol. The summed E-state index contributed by atoms with van der Waals surface area (Å²) in [6.07, 6.45) is 6.09. The molecule has 2 aromatic heterocycles. The molecule has 0 radical (unpaired) electrons. The van der Waals surface area contributed by atoms with Crippen LogP contribution < -0.4 is 14.5 Å². The molecule has 0 fully saturated rings. The molecule has 0 saturated carbocycles. The van der Waals surface area contributed by atoms with E-state index in [4.69, 9.17) is 9.72 Å². The minimum Gasteiger partial charge on any atom is -0.509 e. The molecule has 1 aliphatic heterocycles. The second-order valence-corrected chi connectivity index (χ2v) is 17.5. The zero-order valence-corrected chi connectivity index (χ0v) is 38.3. The number of fused-ring (bicyclic) bond motifs is 3. The van der Waals surface area contributed by atoms with E-state index in [1.165, 1.54) is 27.8 Å². The Bertz CT molecular complexity index is 3100. The first-order chi connectivity index (χ1) is 30.1. The molecule has 3 heterocycles. The summed E-state index contributed by atoms with van der Waals surface area (Å²) in [7, 11) is 0. The number of pyridine rings is 1. The van der Waals surface area contributed by atoms with E-state index in [2.05, 4.69) is 238 Å². The summed E-state index contributed by atoms with van der Waals surface area (Å²) >= 11 is 0. The van der Waals surface area contributed by atoms with E-state index in [9.17, 15) is 0 Å². The molecule has 0 N–H and O–H groups in total. The molecular weight excluding hydrogens is 952 g/mol. The number of hydrogen-bond donors (Lipinski definition) is 0. The fourth-order valence-electron chi connectivity index (χ4n) is 8.40. The maximum Gasteiger partial charge on any atom is 0.135 e. The van der Waals surface area contributed by atoms with E-state index in [1.807, 2.05) is 18.3 Å². The molecule has 0 amide bonds. The third-order valence-corrected chi connectivity index (χ3v) is 12.0. The van der Waals surface area contributed by atoms with Gasteiger partial charge in [-0.25, -0.2) is 4.98 Å². The van der Waals surface area contributed by atoms with Gasteiger partial charge in [0.2, 0.25) is 0 Å². The summed E-state index contributed by atoms with van der Waals surface area (Å²) in [5.74, 6) is 2.01. The second kappa shape index (κ2) is 16.9. The summed E-state index contributed by atoms with van der Waals surface area (Å²) in [6, 6.07) is 66.9. The maximum atomic E-state index is 6.78. The predicted molar refractivity (Wildman–Crippen MR) is 256 cm³/mol. The summed E-state index contributed by atoms with van der Waals surface area (Å²) in [5, 5.41) is 2.21. The molecule has 1 aliphatic rings. The van der Waals surface area contributed by atoms with Crippen LogP contribution in [0, 0.1) is 18.8 Å². The fourth-order valence-corrected chi connectivity index (χ4v) is 8.40. The number of aromatic nitrogens is 2. The van der Waals surface area contributed by atoms with Crippen molar-refractivity contribution in [3.8, 4) is 39.6 Å². The van der Waals surface area contributed by atoms with Crippen LogP contribution in [0.15, 0.2) is 188 Å². The third-order valence-electron chi connectivity index (χ3n) is 12.0. The van der Waals surface area contributed by atoms with Crippen LogP contribution in [0.4, 0.5) is 11.4 Å². The van der Waals surface area contributed by atoms with Crippen molar-refractivity contribution in [1.82, 2.24) is 9.55 Å². The van der Waals surface area contributed by atoms with Gasteiger partial charge >= 0.3 is 0 Å². The van der Waals surface area contributed by atoms with E-state index in [1.54, 1.807) is 0 Å². The predicted octanol–water partition coefficient (Wildman–Crippen LogP) is 14.4. The number of nitrogens with zero attached hydrogens (tertiary/aromatic N) is 4. The molecule has 7 aromatic carbocycles. The van der Waals surface area contributed by atoms with Gasteiger partial charge in [0, 0.05) is 55.4 Å². The maximum absolute atomic E-state index is 6.78. The molecule has 9 aromatic rings. The average molecular weight is 999 g/mol. The molecule has 0 saturated heterocycles. The van der Waals surface area contributed by atoms with E-state index < -0.39 is 0 Å². The Morgan fingerprint density at radius 3 is 1.89 bits per heavy atom. The van der Waals surface area contributed by atoms with E-state index in [0.29, 0.717) is 11.5 Å². The van der Waals surface area contributed by atoms with Crippen molar-refractivity contribution in [3.05, 3.63) is 224 Å². The number of para-hydroxylation sites is 1. The summed E-state index contributed by atoms with van der Waals surface area (Å²) < 4.78 is 8.98. The van der Waals surface area contributed by atoms with Gasteiger partial charge < -0.3 is 19.1 Å². The first kappa shape index (κ1) is 41.7. The molecule has 6 heteroatoms. The molecule has 0 spiro atoms. The molecule has 0 atom stereocenters. The molecular formula is C57H47N4OPt-3. The molecule has 5 nitrogen and oxygen atoms in total. The van der Waals surface area contributed by atoms with E-state index in [-0.39, 0.29) is 31.9 Å². The van der Waals surface area contributed by atoms with Crippen molar-refractivity contribution in [3.63, 3.8) is 0 Å². The molecule has 0 unspecified atom stereocenters. The van der Waals surface area contributed by atoms with Gasteiger partial charge in [-0.3, -0.25) is 0 Å². The van der Waals surface area contributed by atoms with Gasteiger partial charge in [-0.15, -0.1) is 53.6 Å². The van der Waals surface area contributed by atoms with Crippen molar-refractivity contribution in [2.24, 2.45) is 0 Å². The topological polar surface area (TPSA) is 33.5 Å². The van der Waals surface area contributed by atoms with E-state index >= 15 is 0 Å². The van der Waals surface area contributed by atoms with Crippen molar-refractivity contribution in [2.75, 3.05) is 9.80 Å². The van der Waals surface area contributed by atoms with Crippen LogP contribution in [-0.2, 0) is 31.9 Å². The molecule has 314 valence electrons. The van der Waals surface area contributed by atoms with Crippen molar-refractivity contribution in [2.45, 2.75) is 45.4 Å². The molecule has 63 heavy (non-hydrogen) atoms. The van der Waals surface area contributed by atoms with Crippen LogP contribution in [0.1, 0.15) is 51.3 Å². The van der Waals surface area contributed by atoms with E-state index in [0.717, 1.165) is 50.1 Å². The quantitative estimate of drug-likeness (QED) is 0.135. The van der Waals surface area contributed by atoms with Gasteiger partial charge in [-0.05, 0) is 86.9 Å². The van der Waals surface area contributed by atoms with Crippen LogP contribution in [0.25, 0.3) is 49.9 Å². The van der Waals surface area contributed by atoms with Crippen LogP contribution in [0.5, 0.6) is 11.5 Å². The van der Waals surface area contributed by atoms with Crippen LogP contribution in [0.3, 0.4) is 0 Å². The Hall–Kier alpha value is -6.68. The first-order valence-corrected chi connectivity index (χ1v) is 21.2. The largest absolute Gasteiger partial charge is 0.509 e. The summed E-state index contributed by atoms with van der Waals surface area (Å²) in [4.78, 5) is 9.22. The minimum atomic E-state index is -0.229. The first-order valence-electron chi connectivity index (χ1n) is 21.2. The number of hydrogen-bond acceptors (Lipinski definition) is 4. The third kappa shape index (κ3) is 8.22. The normalized spacial score (nSPS) is 12.8. The fraction of sp³-hybridized carbons (Fsp3) is 0.123. The van der Waals surface area contributed by atoms with Gasteiger partial charge in [-0.1, -0.05) is 155 Å². The zero-order chi connectivity index (χ0) is 42.4. The Labute approximate surface area is 385 Å². The van der Waals surface area contributed by atoms with Gasteiger partial charge in [-0.2, -0.15) is 6.07 Å². The molecule has 0 aliphatic carbocycles. The zero-order valence-electron chi connectivity index (χ0n) is 36.0. The number of anilines is 2. The van der Waals surface area contributed by atoms with Gasteiger partial charge in [0.25, 0.3) is 0 Å². The average Bonchev–Trinajstić information content (AvgIpc) is 3.93. The smallest absolute Gasteiger partial charge is 0.135 e. The summed E-state index contributed by atoms with van der Waals surface area (Å²) in [5.41, 5.74) is 11.8.